The minimum absolute atomic E-state index is 0.0575. The molecule has 0 amide bonds. The second-order valence-corrected chi connectivity index (χ2v) is 10.3. The second kappa shape index (κ2) is 11.5. The SMILES string of the molecule is Oc1c(SCCc2ccco2)cc(SCCc2ccco2)c(SCCc2ccco2)c1O. The van der Waals surface area contributed by atoms with E-state index in [1.54, 1.807) is 30.6 Å². The van der Waals surface area contributed by atoms with Gasteiger partial charge in [0.1, 0.15) is 17.3 Å². The summed E-state index contributed by atoms with van der Waals surface area (Å²) in [5.74, 6) is 4.89. The van der Waals surface area contributed by atoms with Crippen molar-refractivity contribution in [2.24, 2.45) is 0 Å². The molecule has 2 N–H and O–H groups in total. The summed E-state index contributed by atoms with van der Waals surface area (Å²) in [6.07, 6.45) is 7.28. The predicted octanol–water partition coefficient (Wildman–Crippen LogP) is 6.88. The maximum Gasteiger partial charge on any atom is 0.173 e. The topological polar surface area (TPSA) is 79.9 Å². The third-order valence-corrected chi connectivity index (χ3v) is 8.02. The summed E-state index contributed by atoms with van der Waals surface area (Å²) in [5, 5.41) is 21.5. The zero-order valence-corrected chi connectivity index (χ0v) is 19.8. The van der Waals surface area contributed by atoms with Crippen LogP contribution in [0.5, 0.6) is 11.5 Å². The summed E-state index contributed by atoms with van der Waals surface area (Å²) >= 11 is 4.69. The van der Waals surface area contributed by atoms with Crippen molar-refractivity contribution in [3.63, 3.8) is 0 Å². The van der Waals surface area contributed by atoms with Gasteiger partial charge in [-0.25, -0.2) is 0 Å². The molecule has 0 bridgehead atoms. The number of hydrogen-bond donors (Lipinski definition) is 2. The number of aromatic hydroxyl groups is 2. The van der Waals surface area contributed by atoms with Crippen LogP contribution in [0, 0.1) is 0 Å². The molecule has 0 unspecified atom stereocenters. The number of phenolic OH excluding ortho intramolecular Hbond substituents is 2. The molecule has 0 spiro atoms. The van der Waals surface area contributed by atoms with E-state index in [1.807, 2.05) is 42.5 Å². The molecule has 3 heterocycles. The third-order valence-electron chi connectivity index (χ3n) is 4.71. The largest absolute Gasteiger partial charge is 0.503 e. The lowest BCUT2D eigenvalue weighted by Gasteiger charge is -2.15. The average Bonchev–Trinajstić information content (AvgIpc) is 3.57. The Hall–Kier alpha value is -2.29. The summed E-state index contributed by atoms with van der Waals surface area (Å²) in [6, 6.07) is 13.4. The van der Waals surface area contributed by atoms with Crippen molar-refractivity contribution >= 4 is 35.3 Å². The van der Waals surface area contributed by atoms with Crippen LogP contribution in [0.1, 0.15) is 17.3 Å². The lowest BCUT2D eigenvalue weighted by atomic mass is 10.3. The predicted molar refractivity (Wildman–Crippen MR) is 129 cm³/mol. The van der Waals surface area contributed by atoms with Gasteiger partial charge < -0.3 is 23.5 Å². The van der Waals surface area contributed by atoms with E-state index in [9.17, 15) is 10.2 Å². The first-order valence-corrected chi connectivity index (χ1v) is 13.2. The zero-order chi connectivity index (χ0) is 22.2. The zero-order valence-electron chi connectivity index (χ0n) is 17.4. The number of thioether (sulfide) groups is 3. The molecule has 4 aromatic rings. The van der Waals surface area contributed by atoms with Gasteiger partial charge in [0.15, 0.2) is 11.5 Å². The van der Waals surface area contributed by atoms with Crippen molar-refractivity contribution < 1.29 is 23.5 Å². The lowest BCUT2D eigenvalue weighted by molar-refractivity contribution is 0.383. The van der Waals surface area contributed by atoms with Gasteiger partial charge in [-0.3, -0.25) is 0 Å². The highest BCUT2D eigenvalue weighted by Gasteiger charge is 2.19. The average molecular weight is 489 g/mol. The van der Waals surface area contributed by atoms with E-state index in [2.05, 4.69) is 0 Å². The smallest absolute Gasteiger partial charge is 0.173 e. The first-order chi connectivity index (χ1) is 15.7. The number of phenols is 2. The quantitative estimate of drug-likeness (QED) is 0.165. The number of rotatable bonds is 12. The highest BCUT2D eigenvalue weighted by molar-refractivity contribution is 8.02. The lowest BCUT2D eigenvalue weighted by Crippen LogP contribution is -1.93. The minimum Gasteiger partial charge on any atom is -0.503 e. The normalized spacial score (nSPS) is 11.2. The summed E-state index contributed by atoms with van der Waals surface area (Å²) in [7, 11) is 0. The molecular weight excluding hydrogens is 464 g/mol. The van der Waals surface area contributed by atoms with Crippen LogP contribution < -0.4 is 0 Å². The van der Waals surface area contributed by atoms with E-state index in [0.29, 0.717) is 9.79 Å². The first-order valence-electron chi connectivity index (χ1n) is 10.2. The van der Waals surface area contributed by atoms with Crippen LogP contribution in [0.2, 0.25) is 0 Å². The molecule has 168 valence electrons. The van der Waals surface area contributed by atoms with Crippen molar-refractivity contribution in [2.75, 3.05) is 17.3 Å². The summed E-state index contributed by atoms with van der Waals surface area (Å²) in [6.45, 7) is 0. The van der Waals surface area contributed by atoms with Crippen molar-refractivity contribution in [2.45, 2.75) is 33.9 Å². The van der Waals surface area contributed by atoms with E-state index >= 15 is 0 Å². The molecule has 5 nitrogen and oxygen atoms in total. The minimum atomic E-state index is -0.0645. The molecule has 0 aliphatic rings. The molecule has 32 heavy (non-hydrogen) atoms. The molecule has 0 fully saturated rings. The highest BCUT2D eigenvalue weighted by Crippen LogP contribution is 2.48. The summed E-state index contributed by atoms with van der Waals surface area (Å²) < 4.78 is 16.2. The maximum absolute atomic E-state index is 10.8. The summed E-state index contributed by atoms with van der Waals surface area (Å²) in [4.78, 5) is 2.33. The molecule has 3 aromatic heterocycles. The van der Waals surface area contributed by atoms with Gasteiger partial charge in [-0.2, -0.15) is 0 Å². The molecule has 1 aromatic carbocycles. The Morgan fingerprint density at radius 1 is 0.594 bits per heavy atom. The van der Waals surface area contributed by atoms with E-state index in [0.717, 1.165) is 58.7 Å². The van der Waals surface area contributed by atoms with Crippen LogP contribution in [0.4, 0.5) is 0 Å². The fourth-order valence-electron chi connectivity index (χ4n) is 3.09. The van der Waals surface area contributed by atoms with Crippen LogP contribution in [0.25, 0.3) is 0 Å². The molecule has 8 heteroatoms. The van der Waals surface area contributed by atoms with Crippen molar-refractivity contribution in [1.82, 2.24) is 0 Å². The Kier molecular flexibility index (Phi) is 8.25. The van der Waals surface area contributed by atoms with Gasteiger partial charge in [-0.15, -0.1) is 35.3 Å². The van der Waals surface area contributed by atoms with Gasteiger partial charge in [-0.1, -0.05) is 0 Å². The Bertz CT molecular complexity index is 1070. The van der Waals surface area contributed by atoms with Gasteiger partial charge in [0, 0.05) is 41.4 Å². The Morgan fingerprint density at radius 3 is 1.53 bits per heavy atom. The van der Waals surface area contributed by atoms with Crippen molar-refractivity contribution in [3.8, 4) is 11.5 Å². The fraction of sp³-hybridized carbons (Fsp3) is 0.250. The molecule has 0 atom stereocenters. The molecular formula is C24H24O5S3. The van der Waals surface area contributed by atoms with Gasteiger partial charge in [0.05, 0.1) is 28.6 Å². The maximum atomic E-state index is 10.8. The fourth-order valence-corrected chi connectivity index (χ4v) is 6.37. The number of hydrogen-bond acceptors (Lipinski definition) is 8. The van der Waals surface area contributed by atoms with Gasteiger partial charge in [-0.05, 0) is 42.5 Å². The number of aryl methyl sites for hydroxylation is 3. The van der Waals surface area contributed by atoms with E-state index in [1.165, 1.54) is 23.5 Å². The molecule has 0 saturated carbocycles. The molecule has 0 radical (unpaired) electrons. The highest BCUT2D eigenvalue weighted by atomic mass is 32.2. The second-order valence-electron chi connectivity index (χ2n) is 6.93. The monoisotopic (exact) mass is 488 g/mol. The Labute approximate surface area is 199 Å². The van der Waals surface area contributed by atoms with E-state index in [-0.39, 0.29) is 11.5 Å². The van der Waals surface area contributed by atoms with Gasteiger partial charge in [0.2, 0.25) is 0 Å². The third kappa shape index (κ3) is 6.15. The molecule has 0 aliphatic carbocycles. The van der Waals surface area contributed by atoms with E-state index in [4.69, 9.17) is 13.3 Å². The summed E-state index contributed by atoms with van der Waals surface area (Å²) in [5.41, 5.74) is 0. The number of furan rings is 3. The van der Waals surface area contributed by atoms with Crippen LogP contribution in [0.15, 0.2) is 89.2 Å². The Balaban J connectivity index is 1.46. The number of benzene rings is 1. The Morgan fingerprint density at radius 2 is 1.06 bits per heavy atom. The molecule has 0 saturated heterocycles. The molecule has 0 aliphatic heterocycles. The van der Waals surface area contributed by atoms with Crippen LogP contribution in [0.3, 0.4) is 0 Å². The van der Waals surface area contributed by atoms with Crippen molar-refractivity contribution in [1.29, 1.82) is 0 Å². The van der Waals surface area contributed by atoms with Crippen LogP contribution >= 0.6 is 35.3 Å². The molecule has 4 rings (SSSR count). The van der Waals surface area contributed by atoms with Crippen LogP contribution in [-0.2, 0) is 19.3 Å². The van der Waals surface area contributed by atoms with Gasteiger partial charge in [0.25, 0.3) is 0 Å². The first kappa shape index (κ1) is 22.9. The van der Waals surface area contributed by atoms with Crippen molar-refractivity contribution in [3.05, 3.63) is 78.5 Å². The van der Waals surface area contributed by atoms with Gasteiger partial charge >= 0.3 is 0 Å². The van der Waals surface area contributed by atoms with Crippen LogP contribution in [-0.4, -0.2) is 27.5 Å². The van der Waals surface area contributed by atoms with E-state index < -0.39 is 0 Å². The standard InChI is InChI=1S/C24H24O5S3/c25-22-20(30-13-7-17-4-1-10-27-17)16-21(31-14-8-18-5-2-11-28-18)24(23(22)26)32-15-9-19-6-3-12-29-19/h1-6,10-12,16,25-26H,7-9,13-15H2.